The zero-order chi connectivity index (χ0) is 7.72. The van der Waals surface area contributed by atoms with Gasteiger partial charge in [0.1, 0.15) is 13.0 Å². The molecule has 0 fully saturated rings. The van der Waals surface area contributed by atoms with Crippen molar-refractivity contribution in [2.24, 2.45) is 0 Å². The van der Waals surface area contributed by atoms with Gasteiger partial charge in [-0.3, -0.25) is 0 Å². The fourth-order valence-corrected chi connectivity index (χ4v) is 0.654. The minimum atomic E-state index is -0.151. The molecule has 0 atom stereocenters. The Morgan fingerprint density at radius 3 is 2.80 bits per heavy atom. The van der Waals surface area contributed by atoms with E-state index in [4.69, 9.17) is 30.3 Å². The third-order valence-electron chi connectivity index (χ3n) is 1.01. The van der Waals surface area contributed by atoms with E-state index in [1.54, 1.807) is 0 Å². The zero-order valence-electron chi connectivity index (χ0n) is 5.00. The first-order valence-electron chi connectivity index (χ1n) is 2.51. The van der Waals surface area contributed by atoms with Crippen molar-refractivity contribution in [1.29, 1.82) is 0 Å². The maximum Gasteiger partial charge on any atom is 0.167 e. The smallest absolute Gasteiger partial charge is 0.167 e. The molecule has 0 bridgehead atoms. The number of hydrogen-bond acceptors (Lipinski definition) is 3. The van der Waals surface area contributed by atoms with Crippen LogP contribution in [0.3, 0.4) is 0 Å². The first-order chi connectivity index (χ1) is 4.61. The Hall–Kier alpha value is -0.895. The van der Waals surface area contributed by atoms with Crippen LogP contribution in [0.4, 0.5) is 5.82 Å². The lowest BCUT2D eigenvalue weighted by Gasteiger charge is -2.00. The van der Waals surface area contributed by atoms with Crippen molar-refractivity contribution in [3.8, 4) is 5.75 Å². The molecule has 0 aromatic carbocycles. The van der Waals surface area contributed by atoms with Crippen molar-refractivity contribution in [1.82, 2.24) is 4.98 Å². The van der Waals surface area contributed by atoms with Crippen LogP contribution in [0.2, 0.25) is 5.15 Å². The highest BCUT2D eigenvalue weighted by Crippen LogP contribution is 2.16. The number of nitrogens with zero attached hydrogens (tertiary/aromatic N) is 1. The van der Waals surface area contributed by atoms with E-state index in [-0.39, 0.29) is 22.2 Å². The number of aromatic nitrogens is 1. The summed E-state index contributed by atoms with van der Waals surface area (Å²) in [6.07, 6.45) is 0. The average Bonchev–Trinajstić information content (AvgIpc) is 1.84. The van der Waals surface area contributed by atoms with E-state index in [1.165, 1.54) is 6.07 Å². The Bertz CT molecular complexity index is 216. The van der Waals surface area contributed by atoms with Gasteiger partial charge in [-0.1, -0.05) is 17.1 Å². The lowest BCUT2D eigenvalue weighted by molar-refractivity contribution is 0.476. The van der Waals surface area contributed by atoms with Crippen LogP contribution in [-0.4, -0.2) is 17.9 Å². The molecule has 1 aromatic heterocycles. The molecule has 0 aliphatic heterocycles. The van der Waals surface area contributed by atoms with Crippen LogP contribution in [-0.2, 0) is 0 Å². The molecule has 0 aliphatic rings. The second kappa shape index (κ2) is 2.38. The Labute approximate surface area is 64.2 Å². The number of anilines is 1. The van der Waals surface area contributed by atoms with Gasteiger partial charge < -0.3 is 10.8 Å². The molecule has 0 unspecified atom stereocenters. The second-order valence-corrected chi connectivity index (χ2v) is 2.13. The van der Waals surface area contributed by atoms with Gasteiger partial charge in [0.15, 0.2) is 11.6 Å². The van der Waals surface area contributed by atoms with E-state index in [1.807, 2.05) is 0 Å². The Morgan fingerprint density at radius 1 is 1.70 bits per heavy atom. The number of nitrogen functional groups attached to an aromatic ring is 1. The van der Waals surface area contributed by atoms with Crippen molar-refractivity contribution in [2.75, 3.05) is 5.73 Å². The van der Waals surface area contributed by atoms with Crippen LogP contribution in [0, 0.1) is 0 Å². The van der Waals surface area contributed by atoms with E-state index in [0.29, 0.717) is 0 Å². The molecule has 2 radical (unpaired) electrons. The van der Waals surface area contributed by atoms with Gasteiger partial charge in [0.2, 0.25) is 0 Å². The van der Waals surface area contributed by atoms with Crippen LogP contribution in [0.25, 0.3) is 0 Å². The molecule has 5 heteroatoms. The summed E-state index contributed by atoms with van der Waals surface area (Å²) in [5.74, 6) is -0.166. The summed E-state index contributed by atoms with van der Waals surface area (Å²) in [5, 5.41) is 9.01. The van der Waals surface area contributed by atoms with Gasteiger partial charge in [-0.15, -0.1) is 0 Å². The molecule has 1 aromatic rings. The van der Waals surface area contributed by atoms with Gasteiger partial charge in [-0.05, 0) is 6.07 Å². The lowest BCUT2D eigenvalue weighted by Crippen LogP contribution is -2.07. The molecule has 0 saturated carbocycles. The first-order valence-corrected chi connectivity index (χ1v) is 2.89. The summed E-state index contributed by atoms with van der Waals surface area (Å²) >= 11 is 5.46. The summed E-state index contributed by atoms with van der Waals surface area (Å²) in [6.45, 7) is 0. The van der Waals surface area contributed by atoms with E-state index in [2.05, 4.69) is 4.98 Å². The number of hydrogen-bond donors (Lipinski definition) is 2. The van der Waals surface area contributed by atoms with Crippen molar-refractivity contribution in [2.45, 2.75) is 0 Å². The summed E-state index contributed by atoms with van der Waals surface area (Å²) in [7, 11) is 5.28. The summed E-state index contributed by atoms with van der Waals surface area (Å²) in [4.78, 5) is 3.54. The molecule has 1 rings (SSSR count). The number of aromatic hydroxyl groups is 1. The molecule has 1 heterocycles. The molecule has 0 spiro atoms. The Morgan fingerprint density at radius 2 is 2.30 bits per heavy atom. The third kappa shape index (κ3) is 1.16. The second-order valence-electron chi connectivity index (χ2n) is 1.77. The minimum Gasteiger partial charge on any atom is -0.504 e. The predicted molar refractivity (Wildman–Crippen MR) is 40.7 cm³/mol. The first kappa shape index (κ1) is 7.21. The van der Waals surface area contributed by atoms with Crippen LogP contribution in [0.15, 0.2) is 6.07 Å². The topological polar surface area (TPSA) is 59.1 Å². The molecule has 50 valence electrons. The highest BCUT2D eigenvalue weighted by Gasteiger charge is 2.01. The van der Waals surface area contributed by atoms with Gasteiger partial charge >= 0.3 is 0 Å². The fraction of sp³-hybridized carbons (Fsp3) is 0. The van der Waals surface area contributed by atoms with E-state index in [9.17, 15) is 0 Å². The highest BCUT2D eigenvalue weighted by atomic mass is 35.5. The van der Waals surface area contributed by atoms with E-state index >= 15 is 0 Å². The molecule has 3 N–H and O–H groups in total. The lowest BCUT2D eigenvalue weighted by atomic mass is 9.99. The quantitative estimate of drug-likeness (QED) is 0.402. The monoisotopic (exact) mass is 154 g/mol. The maximum absolute atomic E-state index is 8.90. The van der Waals surface area contributed by atoms with Crippen LogP contribution in [0.1, 0.15) is 0 Å². The molecular weight excluding hydrogens is 150 g/mol. The SMILES string of the molecule is [B]c1cc(O)c(N)nc1Cl. The van der Waals surface area contributed by atoms with Crippen LogP contribution >= 0.6 is 11.6 Å². The maximum atomic E-state index is 8.90. The predicted octanol–water partition coefficient (Wildman–Crippen LogP) is -0.183. The van der Waals surface area contributed by atoms with Gasteiger partial charge in [0.05, 0.1) is 0 Å². The van der Waals surface area contributed by atoms with Gasteiger partial charge in [-0.2, -0.15) is 0 Å². The van der Waals surface area contributed by atoms with Crippen LogP contribution < -0.4 is 11.2 Å². The summed E-state index contributed by atoms with van der Waals surface area (Å²) in [5.41, 5.74) is 5.40. The molecule has 0 aliphatic carbocycles. The van der Waals surface area contributed by atoms with Gasteiger partial charge in [0, 0.05) is 0 Å². The number of rotatable bonds is 0. The summed E-state index contributed by atoms with van der Waals surface area (Å²) in [6, 6.07) is 1.25. The number of nitrogens with two attached hydrogens (primary N) is 1. The molecule has 3 nitrogen and oxygen atoms in total. The van der Waals surface area contributed by atoms with E-state index < -0.39 is 0 Å². The van der Waals surface area contributed by atoms with Gasteiger partial charge in [0.25, 0.3) is 0 Å². The average molecular weight is 154 g/mol. The van der Waals surface area contributed by atoms with Crippen molar-refractivity contribution < 1.29 is 5.11 Å². The Kier molecular flexibility index (Phi) is 1.72. The van der Waals surface area contributed by atoms with Crippen LogP contribution in [0.5, 0.6) is 5.75 Å². The van der Waals surface area contributed by atoms with Gasteiger partial charge in [-0.25, -0.2) is 4.98 Å². The molecule has 0 amide bonds. The third-order valence-corrected chi connectivity index (χ3v) is 1.31. The minimum absolute atomic E-state index is 0.0146. The zero-order valence-corrected chi connectivity index (χ0v) is 5.76. The summed E-state index contributed by atoms with van der Waals surface area (Å²) < 4.78 is 0. The van der Waals surface area contributed by atoms with Crippen molar-refractivity contribution in [3.05, 3.63) is 11.2 Å². The van der Waals surface area contributed by atoms with E-state index in [0.717, 1.165) is 0 Å². The molecule has 0 saturated heterocycles. The van der Waals surface area contributed by atoms with Crippen molar-refractivity contribution >= 4 is 30.7 Å². The molecule has 10 heavy (non-hydrogen) atoms. The molecular formula is C5H4BClN2O. The normalized spacial score (nSPS) is 9.70. The standard InChI is InChI=1S/C5H4BClN2O/c6-2-1-3(10)5(8)9-4(2)7/h1,10H,(H2,8,9). The van der Waals surface area contributed by atoms with Crippen molar-refractivity contribution in [3.63, 3.8) is 0 Å². The Balaban J connectivity index is 3.28. The number of halogens is 1. The fourth-order valence-electron chi connectivity index (χ4n) is 0.508. The number of pyridine rings is 1. The highest BCUT2D eigenvalue weighted by molar-refractivity contribution is 6.44. The largest absolute Gasteiger partial charge is 0.504 e.